The number of rotatable bonds is 6. The number of amides is 1. The van der Waals surface area contributed by atoms with E-state index in [1.165, 1.54) is 0 Å². The van der Waals surface area contributed by atoms with Crippen molar-refractivity contribution in [3.63, 3.8) is 0 Å². The molecule has 0 aliphatic carbocycles. The number of aromatic nitrogens is 1. The molecule has 162 valence electrons. The van der Waals surface area contributed by atoms with Gasteiger partial charge in [-0.1, -0.05) is 11.3 Å². The summed E-state index contributed by atoms with van der Waals surface area (Å²) in [5, 5.41) is 2.73. The summed E-state index contributed by atoms with van der Waals surface area (Å²) in [5.41, 5.74) is 0.740. The van der Waals surface area contributed by atoms with Gasteiger partial charge in [0.25, 0.3) is 11.1 Å². The summed E-state index contributed by atoms with van der Waals surface area (Å²) < 4.78 is 11.6. The molecule has 4 rings (SSSR count). The van der Waals surface area contributed by atoms with Crippen molar-refractivity contribution >= 4 is 17.2 Å². The van der Waals surface area contributed by atoms with Gasteiger partial charge in [0.1, 0.15) is 11.9 Å². The Morgan fingerprint density at radius 3 is 2.37 bits per heavy atom. The molecular weight excluding hydrogens is 398 g/mol. The van der Waals surface area contributed by atoms with Gasteiger partial charge in [-0.05, 0) is 63.8 Å². The maximum atomic E-state index is 12.9. The van der Waals surface area contributed by atoms with Crippen LogP contribution in [0.2, 0.25) is 0 Å². The predicted octanol–water partition coefficient (Wildman–Crippen LogP) is 4.08. The number of benzene rings is 1. The first-order chi connectivity index (χ1) is 14.6. The molecule has 0 atom stereocenters. The summed E-state index contributed by atoms with van der Waals surface area (Å²) in [6.07, 6.45) is 6.37. The number of nitrogens with zero attached hydrogens (tertiary/aromatic N) is 3. The third-order valence-corrected chi connectivity index (χ3v) is 6.56. The molecule has 0 spiro atoms. The van der Waals surface area contributed by atoms with Crippen LogP contribution in [0.5, 0.6) is 10.9 Å². The Morgan fingerprint density at radius 1 is 1.07 bits per heavy atom. The van der Waals surface area contributed by atoms with Crippen LogP contribution >= 0.6 is 11.3 Å². The minimum atomic E-state index is 0.125. The van der Waals surface area contributed by atoms with Crippen molar-refractivity contribution < 1.29 is 14.3 Å². The summed E-state index contributed by atoms with van der Waals surface area (Å²) in [6.45, 7) is 7.77. The van der Waals surface area contributed by atoms with Gasteiger partial charge < -0.3 is 14.4 Å². The number of likely N-dealkylation sites (tertiary alicyclic amines) is 2. The Morgan fingerprint density at radius 2 is 1.77 bits per heavy atom. The quantitative estimate of drug-likeness (QED) is 0.693. The van der Waals surface area contributed by atoms with E-state index in [0.717, 1.165) is 68.4 Å². The van der Waals surface area contributed by atoms with Gasteiger partial charge >= 0.3 is 0 Å². The van der Waals surface area contributed by atoms with Crippen LogP contribution in [0.4, 0.5) is 0 Å². The molecule has 7 heteroatoms. The Hall–Kier alpha value is -2.12. The monoisotopic (exact) mass is 429 g/mol. The zero-order chi connectivity index (χ0) is 20.9. The van der Waals surface area contributed by atoms with Crippen LogP contribution in [0, 0.1) is 0 Å². The number of thiazole rings is 1. The molecule has 2 saturated heterocycles. The predicted molar refractivity (Wildman–Crippen MR) is 118 cm³/mol. The van der Waals surface area contributed by atoms with Crippen molar-refractivity contribution in [3.05, 3.63) is 41.4 Å². The molecule has 0 bridgehead atoms. The highest BCUT2D eigenvalue weighted by atomic mass is 32.1. The Balaban J connectivity index is 1.22. The summed E-state index contributed by atoms with van der Waals surface area (Å²) >= 11 is 1.56. The zero-order valence-electron chi connectivity index (χ0n) is 17.8. The Bertz CT molecular complexity index is 794. The topological polar surface area (TPSA) is 54.9 Å². The summed E-state index contributed by atoms with van der Waals surface area (Å²) in [4.78, 5) is 21.7. The first-order valence-corrected chi connectivity index (χ1v) is 11.8. The molecule has 1 amide bonds. The number of carbonyl (C=O) groups is 1. The van der Waals surface area contributed by atoms with E-state index in [9.17, 15) is 4.79 Å². The highest BCUT2D eigenvalue weighted by molar-refractivity contribution is 7.11. The minimum absolute atomic E-state index is 0.125. The molecule has 0 N–H and O–H groups in total. The lowest BCUT2D eigenvalue weighted by molar-refractivity contribution is 0.0425. The number of piperidine rings is 2. The lowest BCUT2D eigenvalue weighted by atomic mass is 9.98. The average molecular weight is 430 g/mol. The van der Waals surface area contributed by atoms with Gasteiger partial charge in [0.05, 0.1) is 6.10 Å². The van der Waals surface area contributed by atoms with E-state index in [0.29, 0.717) is 6.04 Å². The van der Waals surface area contributed by atoms with Gasteiger partial charge in [-0.25, -0.2) is 4.98 Å². The minimum Gasteiger partial charge on any atom is -0.491 e. The molecule has 2 fully saturated rings. The highest BCUT2D eigenvalue weighted by Crippen LogP contribution is 2.25. The average Bonchev–Trinajstić information content (AvgIpc) is 3.27. The molecule has 0 unspecified atom stereocenters. The molecule has 2 aromatic rings. The van der Waals surface area contributed by atoms with Crippen LogP contribution in [0.15, 0.2) is 35.8 Å². The van der Waals surface area contributed by atoms with E-state index in [1.807, 2.05) is 48.4 Å². The second-order valence-electron chi connectivity index (χ2n) is 8.37. The Labute approximate surface area is 182 Å². The largest absolute Gasteiger partial charge is 0.491 e. The van der Waals surface area contributed by atoms with Crippen LogP contribution in [0.25, 0.3) is 0 Å². The van der Waals surface area contributed by atoms with Gasteiger partial charge in [0.2, 0.25) is 0 Å². The number of carbonyl (C=O) groups excluding carboxylic acids is 1. The molecule has 0 saturated carbocycles. The molecule has 6 nitrogen and oxygen atoms in total. The smallest absolute Gasteiger partial charge is 0.273 e. The third kappa shape index (κ3) is 5.32. The molecule has 30 heavy (non-hydrogen) atoms. The van der Waals surface area contributed by atoms with Crippen molar-refractivity contribution in [1.82, 2.24) is 14.8 Å². The van der Waals surface area contributed by atoms with Gasteiger partial charge in [0.15, 0.2) is 0 Å². The molecule has 1 aromatic carbocycles. The lowest BCUT2D eigenvalue weighted by Crippen LogP contribution is -2.50. The number of hydrogen-bond acceptors (Lipinski definition) is 6. The van der Waals surface area contributed by atoms with Gasteiger partial charge in [-0.3, -0.25) is 9.69 Å². The fourth-order valence-corrected chi connectivity index (χ4v) is 4.89. The second kappa shape index (κ2) is 9.79. The van der Waals surface area contributed by atoms with Crippen LogP contribution in [0.3, 0.4) is 0 Å². The van der Waals surface area contributed by atoms with Crippen LogP contribution < -0.4 is 9.47 Å². The van der Waals surface area contributed by atoms with E-state index in [2.05, 4.69) is 9.88 Å². The van der Waals surface area contributed by atoms with E-state index >= 15 is 0 Å². The fraction of sp³-hybridized carbons (Fsp3) is 0.565. The zero-order valence-corrected chi connectivity index (χ0v) is 18.6. The fourth-order valence-electron chi connectivity index (χ4n) is 4.33. The van der Waals surface area contributed by atoms with Gasteiger partial charge in [0, 0.05) is 49.4 Å². The SMILES string of the molecule is CC(C)Oc1ccc(C(=O)N2CCC(N3CCC(Oc4nccs4)CC3)CC2)cc1. The van der Waals surface area contributed by atoms with Crippen molar-refractivity contribution in [2.45, 2.75) is 57.8 Å². The van der Waals surface area contributed by atoms with E-state index < -0.39 is 0 Å². The van der Waals surface area contributed by atoms with Crippen molar-refractivity contribution in [1.29, 1.82) is 0 Å². The summed E-state index contributed by atoms with van der Waals surface area (Å²) in [6, 6.07) is 8.09. The van der Waals surface area contributed by atoms with Crippen molar-refractivity contribution in [2.24, 2.45) is 0 Å². The molecule has 3 heterocycles. The van der Waals surface area contributed by atoms with E-state index in [1.54, 1.807) is 17.5 Å². The Kier molecular flexibility index (Phi) is 6.89. The highest BCUT2D eigenvalue weighted by Gasteiger charge is 2.30. The maximum Gasteiger partial charge on any atom is 0.273 e. The first-order valence-electron chi connectivity index (χ1n) is 10.9. The second-order valence-corrected chi connectivity index (χ2v) is 9.22. The molecule has 2 aliphatic rings. The van der Waals surface area contributed by atoms with Gasteiger partial charge in [-0.2, -0.15) is 0 Å². The standard InChI is InChI=1S/C23H31N3O3S/c1-17(2)28-20-5-3-18(4-6-20)22(27)26-12-7-19(8-13-26)25-14-9-21(10-15-25)29-23-24-11-16-30-23/h3-6,11,16-17,19,21H,7-10,12-15H2,1-2H3. The number of hydrogen-bond donors (Lipinski definition) is 0. The maximum absolute atomic E-state index is 12.9. The summed E-state index contributed by atoms with van der Waals surface area (Å²) in [5.74, 6) is 0.933. The van der Waals surface area contributed by atoms with Crippen molar-refractivity contribution in [3.8, 4) is 10.9 Å². The summed E-state index contributed by atoms with van der Waals surface area (Å²) in [7, 11) is 0. The molecule has 1 aromatic heterocycles. The third-order valence-electron chi connectivity index (χ3n) is 5.89. The van der Waals surface area contributed by atoms with Gasteiger partial charge in [-0.15, -0.1) is 0 Å². The normalized spacial score (nSPS) is 19.2. The van der Waals surface area contributed by atoms with Crippen LogP contribution in [-0.2, 0) is 0 Å². The van der Waals surface area contributed by atoms with Crippen molar-refractivity contribution in [2.75, 3.05) is 26.2 Å². The number of ether oxygens (including phenoxy) is 2. The first kappa shape index (κ1) is 21.1. The molecule has 0 radical (unpaired) electrons. The van der Waals surface area contributed by atoms with Crippen LogP contribution in [-0.4, -0.2) is 65.1 Å². The molecule has 2 aliphatic heterocycles. The molecular formula is C23H31N3O3S. The van der Waals surface area contributed by atoms with Crippen LogP contribution in [0.1, 0.15) is 49.9 Å². The van der Waals surface area contributed by atoms with E-state index in [-0.39, 0.29) is 18.1 Å². The van der Waals surface area contributed by atoms with E-state index in [4.69, 9.17) is 9.47 Å². The lowest BCUT2D eigenvalue weighted by Gasteiger charge is -2.41.